The molecule has 1 aromatic rings. The summed E-state index contributed by atoms with van der Waals surface area (Å²) in [6, 6.07) is 8.38. The van der Waals surface area contributed by atoms with Crippen molar-refractivity contribution < 1.29 is 13.2 Å². The Morgan fingerprint density at radius 2 is 1.79 bits per heavy atom. The van der Waals surface area contributed by atoms with Crippen molar-refractivity contribution in [3.63, 3.8) is 0 Å². The van der Waals surface area contributed by atoms with Crippen LogP contribution in [0.4, 0.5) is 0 Å². The molecule has 0 atom stereocenters. The third-order valence-electron chi connectivity index (χ3n) is 4.87. The van der Waals surface area contributed by atoms with Crippen LogP contribution in [0.15, 0.2) is 29.3 Å². The molecule has 0 saturated carbocycles. The highest BCUT2D eigenvalue weighted by atomic mass is 127. The molecule has 1 aliphatic rings. The Hall–Kier alpha value is -0.910. The lowest BCUT2D eigenvalue weighted by Gasteiger charge is -2.36. The molecule has 2 rings (SSSR count). The van der Waals surface area contributed by atoms with E-state index >= 15 is 0 Å². The third-order valence-corrected chi connectivity index (χ3v) is 6.71. The van der Waals surface area contributed by atoms with Crippen LogP contribution in [0, 0.1) is 0 Å². The fourth-order valence-electron chi connectivity index (χ4n) is 3.28. The van der Waals surface area contributed by atoms with E-state index in [-0.39, 0.29) is 42.4 Å². The highest BCUT2D eigenvalue weighted by Gasteiger charge is 2.28. The summed E-state index contributed by atoms with van der Waals surface area (Å²) in [6.45, 7) is 9.10. The summed E-state index contributed by atoms with van der Waals surface area (Å²) < 4.78 is 31.9. The number of piperazine rings is 1. The summed E-state index contributed by atoms with van der Waals surface area (Å²) in [5, 5.41) is 3.42. The number of aliphatic imine (C=N–C) groups is 1. The molecule has 0 amide bonds. The van der Waals surface area contributed by atoms with Gasteiger partial charge >= 0.3 is 0 Å². The highest BCUT2D eigenvalue weighted by molar-refractivity contribution is 14.0. The Balaban J connectivity index is 0.00000420. The van der Waals surface area contributed by atoms with Crippen LogP contribution in [-0.4, -0.2) is 75.3 Å². The minimum absolute atomic E-state index is 0. The van der Waals surface area contributed by atoms with E-state index in [0.29, 0.717) is 32.7 Å². The van der Waals surface area contributed by atoms with Gasteiger partial charge in [0.2, 0.25) is 10.0 Å². The van der Waals surface area contributed by atoms with Crippen molar-refractivity contribution in [2.24, 2.45) is 4.99 Å². The fourth-order valence-corrected chi connectivity index (χ4v) is 4.56. The zero-order chi connectivity index (χ0) is 20.6. The monoisotopic (exact) mass is 538 g/mol. The first-order valence-corrected chi connectivity index (χ1v) is 11.6. The van der Waals surface area contributed by atoms with E-state index in [1.54, 1.807) is 11.4 Å². The van der Waals surface area contributed by atoms with Gasteiger partial charge in [0.15, 0.2) is 5.96 Å². The van der Waals surface area contributed by atoms with Crippen LogP contribution in [0.1, 0.15) is 31.9 Å². The van der Waals surface area contributed by atoms with Crippen LogP contribution in [0.3, 0.4) is 0 Å². The summed E-state index contributed by atoms with van der Waals surface area (Å²) in [7, 11) is -1.51. The van der Waals surface area contributed by atoms with Gasteiger partial charge in [-0.15, -0.1) is 24.0 Å². The molecule has 0 bridgehead atoms. The number of benzene rings is 1. The lowest BCUT2D eigenvalue weighted by molar-refractivity contribution is 0.0904. The number of rotatable bonds is 8. The molecule has 1 fully saturated rings. The number of hydrogen-bond acceptors (Lipinski definition) is 4. The summed E-state index contributed by atoms with van der Waals surface area (Å²) in [4.78, 5) is 6.50. The van der Waals surface area contributed by atoms with Crippen LogP contribution < -0.4 is 5.32 Å². The smallest absolute Gasteiger partial charge is 0.216 e. The number of halogens is 1. The first-order valence-electron chi connectivity index (χ1n) is 9.99. The Morgan fingerprint density at radius 1 is 1.17 bits per heavy atom. The number of nitrogens with one attached hydrogen (secondary N) is 1. The molecule has 7 nitrogen and oxygen atoms in total. The second kappa shape index (κ2) is 12.7. The van der Waals surface area contributed by atoms with Crippen molar-refractivity contribution in [2.75, 3.05) is 45.6 Å². The normalized spacial score (nSPS) is 16.0. The van der Waals surface area contributed by atoms with Gasteiger partial charge in [-0.3, -0.25) is 4.99 Å². The van der Waals surface area contributed by atoms with Crippen molar-refractivity contribution in [2.45, 2.75) is 39.8 Å². The van der Waals surface area contributed by atoms with Gasteiger partial charge in [0, 0.05) is 39.8 Å². The number of sulfonamides is 1. The average Bonchev–Trinajstić information content (AvgIpc) is 2.68. The molecule has 0 unspecified atom stereocenters. The molecule has 1 aromatic carbocycles. The van der Waals surface area contributed by atoms with E-state index in [1.807, 2.05) is 19.9 Å². The summed E-state index contributed by atoms with van der Waals surface area (Å²) in [5.74, 6) is 0.845. The summed E-state index contributed by atoms with van der Waals surface area (Å²) in [6.07, 6.45) is 1.03. The second-order valence-corrected chi connectivity index (χ2v) is 9.23. The maximum Gasteiger partial charge on any atom is 0.216 e. The molecule has 1 N–H and O–H groups in total. The Kier molecular flexibility index (Phi) is 11.4. The largest absolute Gasteiger partial charge is 0.378 e. The Bertz CT molecular complexity index is 748. The molecular formula is C20H35IN4O3S. The van der Waals surface area contributed by atoms with Gasteiger partial charge in [0.1, 0.15) is 0 Å². The molecule has 9 heteroatoms. The van der Waals surface area contributed by atoms with Crippen LogP contribution in [-0.2, 0) is 27.7 Å². The number of ether oxygens (including phenoxy) is 1. The van der Waals surface area contributed by atoms with Crippen molar-refractivity contribution >= 4 is 40.0 Å². The van der Waals surface area contributed by atoms with Gasteiger partial charge in [-0.05, 0) is 31.4 Å². The van der Waals surface area contributed by atoms with Gasteiger partial charge in [-0.25, -0.2) is 8.42 Å². The topological polar surface area (TPSA) is 74.2 Å². The van der Waals surface area contributed by atoms with Gasteiger partial charge in [0.25, 0.3) is 0 Å². The van der Waals surface area contributed by atoms with E-state index < -0.39 is 10.0 Å². The first kappa shape index (κ1) is 26.1. The maximum atomic E-state index is 12.5. The van der Waals surface area contributed by atoms with E-state index in [9.17, 15) is 8.42 Å². The molecule has 166 valence electrons. The van der Waals surface area contributed by atoms with Crippen LogP contribution in [0.25, 0.3) is 0 Å². The predicted octanol–water partition coefficient (Wildman–Crippen LogP) is 2.31. The minimum Gasteiger partial charge on any atom is -0.378 e. The third kappa shape index (κ3) is 8.03. The van der Waals surface area contributed by atoms with Crippen molar-refractivity contribution in [1.29, 1.82) is 0 Å². The molecule has 1 aliphatic heterocycles. The minimum atomic E-state index is -3.28. The molecular weight excluding hydrogens is 503 g/mol. The molecule has 1 heterocycles. The molecule has 1 saturated heterocycles. The molecule has 29 heavy (non-hydrogen) atoms. The van der Waals surface area contributed by atoms with E-state index in [2.05, 4.69) is 40.3 Å². The van der Waals surface area contributed by atoms with Crippen LogP contribution in [0.5, 0.6) is 0 Å². The van der Waals surface area contributed by atoms with Crippen molar-refractivity contribution in [3.05, 3.63) is 35.4 Å². The predicted molar refractivity (Wildman–Crippen MR) is 129 cm³/mol. The van der Waals surface area contributed by atoms with Gasteiger partial charge in [-0.1, -0.05) is 31.2 Å². The van der Waals surface area contributed by atoms with Crippen molar-refractivity contribution in [1.82, 2.24) is 14.5 Å². The second-order valence-electron chi connectivity index (χ2n) is 7.14. The number of nitrogens with zero attached hydrogens (tertiary/aromatic N) is 3. The molecule has 0 aromatic heterocycles. The van der Waals surface area contributed by atoms with Crippen LogP contribution in [0.2, 0.25) is 0 Å². The first-order chi connectivity index (χ1) is 13.4. The lowest BCUT2D eigenvalue weighted by atomic mass is 10.1. The zero-order valence-electron chi connectivity index (χ0n) is 17.9. The fraction of sp³-hybridized carbons (Fsp3) is 0.650. The standard InChI is InChI=1S/C20H34N4O3S.HI/c1-5-18-8-6-7-9-19(18)16-22-20(21-4)23-10-12-24(13-11-23)28(25,26)15-14-27-17(2)3;/h6-9,17H,5,10-16H2,1-4H3,(H,21,22);1H. The van der Waals surface area contributed by atoms with Gasteiger partial charge < -0.3 is 15.0 Å². The average molecular weight is 538 g/mol. The number of aryl methyl sites for hydroxylation is 1. The zero-order valence-corrected chi connectivity index (χ0v) is 21.1. The molecule has 0 spiro atoms. The summed E-state index contributed by atoms with van der Waals surface area (Å²) in [5.41, 5.74) is 2.59. The lowest BCUT2D eigenvalue weighted by Crippen LogP contribution is -2.54. The highest BCUT2D eigenvalue weighted by Crippen LogP contribution is 2.11. The Labute approximate surface area is 193 Å². The van der Waals surface area contributed by atoms with Crippen LogP contribution >= 0.6 is 24.0 Å². The maximum absolute atomic E-state index is 12.5. The Morgan fingerprint density at radius 3 is 2.34 bits per heavy atom. The molecule has 0 aliphatic carbocycles. The van der Waals surface area contributed by atoms with Gasteiger partial charge in [-0.2, -0.15) is 4.31 Å². The van der Waals surface area contributed by atoms with E-state index in [0.717, 1.165) is 12.4 Å². The SMILES string of the molecule is CCc1ccccc1CNC(=NC)N1CCN(S(=O)(=O)CCOC(C)C)CC1.I. The number of hydrogen-bond donors (Lipinski definition) is 1. The van der Waals surface area contributed by atoms with E-state index in [4.69, 9.17) is 4.74 Å². The van der Waals surface area contributed by atoms with Crippen molar-refractivity contribution in [3.8, 4) is 0 Å². The summed E-state index contributed by atoms with van der Waals surface area (Å²) >= 11 is 0. The van der Waals surface area contributed by atoms with E-state index in [1.165, 1.54) is 11.1 Å². The van der Waals surface area contributed by atoms with Gasteiger partial charge in [0.05, 0.1) is 18.5 Å². The number of guanidine groups is 1. The quantitative estimate of drug-likeness (QED) is 0.313. The molecule has 0 radical (unpaired) electrons.